The molecule has 0 amide bonds. The lowest BCUT2D eigenvalue weighted by atomic mass is 10.1. The molecule has 1 nitrogen and oxygen atoms in total. The van der Waals surface area contributed by atoms with Gasteiger partial charge in [0.1, 0.15) is 0 Å². The Bertz CT molecular complexity index is 482. The van der Waals surface area contributed by atoms with Crippen LogP contribution in [-0.2, 0) is 6.42 Å². The van der Waals surface area contributed by atoms with E-state index in [0.29, 0.717) is 6.04 Å². The first-order chi connectivity index (χ1) is 8.10. The van der Waals surface area contributed by atoms with Crippen LogP contribution in [-0.4, -0.2) is 7.05 Å². The van der Waals surface area contributed by atoms with E-state index in [9.17, 15) is 0 Å². The standard InChI is InChI=1S/C13H16BrNS2/c1-8-4-13(17-9(8)2)12(15-3)6-11-5-10(14)7-16-11/h4-5,7,12,15H,6H2,1-3H3. The zero-order valence-corrected chi connectivity index (χ0v) is 13.4. The van der Waals surface area contributed by atoms with Crippen LogP contribution in [0.1, 0.15) is 26.2 Å². The Labute approximate surface area is 119 Å². The van der Waals surface area contributed by atoms with Gasteiger partial charge in [-0.25, -0.2) is 0 Å². The van der Waals surface area contributed by atoms with Gasteiger partial charge < -0.3 is 5.32 Å². The van der Waals surface area contributed by atoms with E-state index in [0.717, 1.165) is 6.42 Å². The minimum Gasteiger partial charge on any atom is -0.312 e. The van der Waals surface area contributed by atoms with Gasteiger partial charge in [-0.2, -0.15) is 0 Å². The van der Waals surface area contributed by atoms with Crippen LogP contribution < -0.4 is 5.32 Å². The Morgan fingerprint density at radius 2 is 2.12 bits per heavy atom. The summed E-state index contributed by atoms with van der Waals surface area (Å²) in [7, 11) is 2.04. The Balaban J connectivity index is 2.16. The summed E-state index contributed by atoms with van der Waals surface area (Å²) in [5, 5.41) is 5.56. The quantitative estimate of drug-likeness (QED) is 0.857. The van der Waals surface area contributed by atoms with Crippen LogP contribution in [0, 0.1) is 13.8 Å². The average Bonchev–Trinajstić information content (AvgIpc) is 2.83. The highest BCUT2D eigenvalue weighted by Gasteiger charge is 2.14. The maximum atomic E-state index is 3.51. The maximum absolute atomic E-state index is 3.51. The van der Waals surface area contributed by atoms with Gasteiger partial charge in [0.05, 0.1) is 0 Å². The van der Waals surface area contributed by atoms with E-state index in [1.165, 1.54) is 24.7 Å². The maximum Gasteiger partial charge on any atom is 0.0461 e. The van der Waals surface area contributed by atoms with Crippen LogP contribution in [0.2, 0.25) is 0 Å². The fourth-order valence-electron chi connectivity index (χ4n) is 1.78. The molecule has 0 radical (unpaired) electrons. The Morgan fingerprint density at radius 3 is 2.59 bits per heavy atom. The van der Waals surface area contributed by atoms with Crippen LogP contribution in [0.4, 0.5) is 0 Å². The smallest absolute Gasteiger partial charge is 0.0461 e. The van der Waals surface area contributed by atoms with Crippen molar-refractivity contribution in [2.75, 3.05) is 7.05 Å². The van der Waals surface area contributed by atoms with Crippen LogP contribution in [0.15, 0.2) is 22.0 Å². The first kappa shape index (κ1) is 13.3. The number of halogens is 1. The molecule has 0 aliphatic heterocycles. The van der Waals surface area contributed by atoms with E-state index in [1.807, 2.05) is 29.7 Å². The summed E-state index contributed by atoms with van der Waals surface area (Å²) in [6.45, 7) is 4.38. The number of nitrogens with one attached hydrogen (secondary N) is 1. The molecule has 92 valence electrons. The molecule has 0 bridgehead atoms. The van der Waals surface area contributed by atoms with Gasteiger partial charge in [0, 0.05) is 36.9 Å². The molecule has 0 saturated heterocycles. The molecule has 0 aromatic carbocycles. The largest absolute Gasteiger partial charge is 0.312 e. The molecular formula is C13H16BrNS2. The number of thiophene rings is 2. The lowest BCUT2D eigenvalue weighted by Gasteiger charge is -2.13. The average molecular weight is 330 g/mol. The third-order valence-corrected chi connectivity index (χ3v) is 5.89. The molecule has 4 heteroatoms. The predicted octanol–water partition coefficient (Wildman–Crippen LogP) is 4.69. The number of likely N-dealkylation sites (N-methyl/N-ethyl adjacent to an activating group) is 1. The van der Waals surface area contributed by atoms with Gasteiger partial charge in [-0.15, -0.1) is 22.7 Å². The van der Waals surface area contributed by atoms with Crippen molar-refractivity contribution < 1.29 is 0 Å². The summed E-state index contributed by atoms with van der Waals surface area (Å²) in [6.07, 6.45) is 1.06. The second-order valence-corrected chi connectivity index (χ2v) is 7.36. The van der Waals surface area contributed by atoms with E-state index in [-0.39, 0.29) is 0 Å². The predicted molar refractivity (Wildman–Crippen MR) is 81.3 cm³/mol. The van der Waals surface area contributed by atoms with Crippen molar-refractivity contribution in [1.82, 2.24) is 5.32 Å². The van der Waals surface area contributed by atoms with Gasteiger partial charge in [0.15, 0.2) is 0 Å². The molecule has 1 atom stereocenters. The highest BCUT2D eigenvalue weighted by molar-refractivity contribution is 9.10. The van der Waals surface area contributed by atoms with Crippen molar-refractivity contribution in [3.05, 3.63) is 42.2 Å². The van der Waals surface area contributed by atoms with Gasteiger partial charge in [-0.1, -0.05) is 0 Å². The van der Waals surface area contributed by atoms with Crippen LogP contribution >= 0.6 is 38.6 Å². The molecule has 0 fully saturated rings. The van der Waals surface area contributed by atoms with Gasteiger partial charge in [0.2, 0.25) is 0 Å². The number of hydrogen-bond acceptors (Lipinski definition) is 3. The summed E-state index contributed by atoms with van der Waals surface area (Å²) < 4.78 is 1.19. The van der Waals surface area contributed by atoms with Gasteiger partial charge in [-0.3, -0.25) is 0 Å². The lowest BCUT2D eigenvalue weighted by molar-refractivity contribution is 0.606. The molecule has 17 heavy (non-hydrogen) atoms. The fraction of sp³-hybridized carbons (Fsp3) is 0.385. The summed E-state index contributed by atoms with van der Waals surface area (Å²) in [5.41, 5.74) is 1.40. The minimum atomic E-state index is 0.429. The Hall–Kier alpha value is -0.160. The number of hydrogen-bond donors (Lipinski definition) is 1. The van der Waals surface area contributed by atoms with Crippen molar-refractivity contribution in [3.63, 3.8) is 0 Å². The molecule has 2 rings (SSSR count). The van der Waals surface area contributed by atoms with Crippen molar-refractivity contribution in [3.8, 4) is 0 Å². The molecule has 0 saturated carbocycles. The molecular weight excluding hydrogens is 314 g/mol. The van der Waals surface area contributed by atoms with Crippen molar-refractivity contribution in [2.45, 2.75) is 26.3 Å². The molecule has 0 aliphatic carbocycles. The molecule has 2 aromatic heterocycles. The third-order valence-electron chi connectivity index (χ3n) is 2.90. The van der Waals surface area contributed by atoms with Gasteiger partial charge in [0.25, 0.3) is 0 Å². The molecule has 0 spiro atoms. The van der Waals surface area contributed by atoms with Gasteiger partial charge >= 0.3 is 0 Å². The topological polar surface area (TPSA) is 12.0 Å². The van der Waals surface area contributed by atoms with Crippen molar-refractivity contribution in [1.29, 1.82) is 0 Å². The molecule has 0 aliphatic rings. The first-order valence-corrected chi connectivity index (χ1v) is 8.06. The highest BCUT2D eigenvalue weighted by Crippen LogP contribution is 2.30. The van der Waals surface area contributed by atoms with Crippen LogP contribution in [0.5, 0.6) is 0 Å². The zero-order chi connectivity index (χ0) is 12.4. The minimum absolute atomic E-state index is 0.429. The second kappa shape index (κ2) is 5.65. The Kier molecular flexibility index (Phi) is 4.42. The van der Waals surface area contributed by atoms with E-state index in [2.05, 4.69) is 52.6 Å². The number of rotatable bonds is 4. The van der Waals surface area contributed by atoms with Crippen molar-refractivity contribution in [2.24, 2.45) is 0 Å². The summed E-state index contributed by atoms with van der Waals surface area (Å²) in [6, 6.07) is 4.95. The fourth-order valence-corrected chi connectivity index (χ4v) is 4.43. The van der Waals surface area contributed by atoms with E-state index >= 15 is 0 Å². The van der Waals surface area contributed by atoms with Crippen LogP contribution in [0.3, 0.4) is 0 Å². The Morgan fingerprint density at radius 1 is 1.35 bits per heavy atom. The van der Waals surface area contributed by atoms with Gasteiger partial charge in [-0.05, 0) is 54.5 Å². The normalized spacial score (nSPS) is 12.9. The SMILES string of the molecule is CNC(Cc1cc(Br)cs1)c1cc(C)c(C)s1. The number of aryl methyl sites for hydroxylation is 2. The van der Waals surface area contributed by atoms with E-state index < -0.39 is 0 Å². The third kappa shape index (κ3) is 3.19. The summed E-state index contributed by atoms with van der Waals surface area (Å²) >= 11 is 7.23. The van der Waals surface area contributed by atoms with E-state index in [4.69, 9.17) is 0 Å². The summed E-state index contributed by atoms with van der Waals surface area (Å²) in [5.74, 6) is 0. The first-order valence-electron chi connectivity index (χ1n) is 5.57. The molecule has 2 heterocycles. The molecule has 1 N–H and O–H groups in total. The van der Waals surface area contributed by atoms with Crippen LogP contribution in [0.25, 0.3) is 0 Å². The van der Waals surface area contributed by atoms with Crippen molar-refractivity contribution >= 4 is 38.6 Å². The zero-order valence-electron chi connectivity index (χ0n) is 10.2. The van der Waals surface area contributed by atoms with E-state index in [1.54, 1.807) is 0 Å². The second-order valence-electron chi connectivity index (χ2n) is 4.16. The lowest BCUT2D eigenvalue weighted by Crippen LogP contribution is -2.17. The molecule has 1 unspecified atom stereocenters. The molecule has 2 aromatic rings. The monoisotopic (exact) mass is 329 g/mol. The summed E-state index contributed by atoms with van der Waals surface area (Å²) in [4.78, 5) is 4.28. The highest BCUT2D eigenvalue weighted by atomic mass is 79.9.